The van der Waals surface area contributed by atoms with Gasteiger partial charge in [0.15, 0.2) is 5.78 Å². The molecule has 0 fully saturated rings. The summed E-state index contributed by atoms with van der Waals surface area (Å²) in [4.78, 5) is 42.0. The molecule has 0 saturated heterocycles. The van der Waals surface area contributed by atoms with E-state index in [1.807, 2.05) is 6.92 Å². The summed E-state index contributed by atoms with van der Waals surface area (Å²) in [6, 6.07) is 0. The van der Waals surface area contributed by atoms with E-state index in [0.29, 0.717) is 25.0 Å². The molecule has 0 aliphatic rings. The highest BCUT2D eigenvalue weighted by Gasteiger charge is 2.04. The molecule has 39 heavy (non-hydrogen) atoms. The molecule has 0 rings (SSSR count). The van der Waals surface area contributed by atoms with Crippen LogP contribution in [-0.2, 0) is 19.2 Å². The fraction of sp³-hybridized carbons (Fsp3) is 0.500. The Morgan fingerprint density at radius 2 is 1.05 bits per heavy atom. The van der Waals surface area contributed by atoms with Crippen LogP contribution in [0, 0.1) is 0 Å². The molecule has 0 radical (unpaired) electrons. The minimum absolute atomic E-state index is 0.190. The summed E-state index contributed by atoms with van der Waals surface area (Å²) >= 11 is 0. The highest BCUT2D eigenvalue weighted by molar-refractivity contribution is 5.89. The topological polar surface area (TPSA) is 71.5 Å². The normalized spacial score (nSPS) is 12.2. The first-order chi connectivity index (χ1) is 19.0. The van der Waals surface area contributed by atoms with Crippen molar-refractivity contribution in [2.75, 3.05) is 20.1 Å². The van der Waals surface area contributed by atoms with E-state index in [4.69, 9.17) is 9.59 Å². The van der Waals surface area contributed by atoms with Crippen molar-refractivity contribution in [3.05, 3.63) is 85.1 Å². The monoisotopic (exact) mass is 537 g/mol. The SMILES string of the molecule is C/C=C/C(=O)CCCN(C)CCCC(=O)CC/C=C\C/C=C\C/C=C\C/C=C\C/C=C\C/C=C\CC.O=C=O. The van der Waals surface area contributed by atoms with Gasteiger partial charge >= 0.3 is 6.15 Å². The third kappa shape index (κ3) is 34.9. The van der Waals surface area contributed by atoms with E-state index in [1.165, 1.54) is 0 Å². The highest BCUT2D eigenvalue weighted by Crippen LogP contribution is 2.03. The lowest BCUT2D eigenvalue weighted by atomic mass is 10.1. The van der Waals surface area contributed by atoms with E-state index < -0.39 is 0 Å². The molecule has 5 heteroatoms. The van der Waals surface area contributed by atoms with Gasteiger partial charge in [0.2, 0.25) is 0 Å². The summed E-state index contributed by atoms with van der Waals surface area (Å²) in [6.07, 6.45) is 40.4. The molecule has 0 aromatic carbocycles. The first kappa shape index (κ1) is 38.0. The molecule has 0 aromatic rings. The van der Waals surface area contributed by atoms with Crippen LogP contribution in [0.1, 0.15) is 90.9 Å². The predicted octanol–water partition coefficient (Wildman–Crippen LogP) is 8.09. The third-order valence-electron chi connectivity index (χ3n) is 5.50. The summed E-state index contributed by atoms with van der Waals surface area (Å²) in [5.41, 5.74) is 0. The Hall–Kier alpha value is -3.14. The van der Waals surface area contributed by atoms with Gasteiger partial charge in [-0.15, -0.1) is 0 Å². The van der Waals surface area contributed by atoms with Gasteiger partial charge in [0.1, 0.15) is 5.78 Å². The molecular weight excluding hydrogens is 486 g/mol. The van der Waals surface area contributed by atoms with Gasteiger partial charge in [0.25, 0.3) is 0 Å². The molecule has 0 N–H and O–H groups in total. The Bertz CT molecular complexity index is 837. The largest absolute Gasteiger partial charge is 0.373 e. The van der Waals surface area contributed by atoms with Gasteiger partial charge < -0.3 is 4.90 Å². The van der Waals surface area contributed by atoms with Crippen molar-refractivity contribution in [2.45, 2.75) is 90.9 Å². The molecule has 0 aliphatic carbocycles. The van der Waals surface area contributed by atoms with Crippen LogP contribution in [0.4, 0.5) is 0 Å². The lowest BCUT2D eigenvalue weighted by molar-refractivity contribution is -0.191. The third-order valence-corrected chi connectivity index (χ3v) is 5.50. The van der Waals surface area contributed by atoms with Gasteiger partial charge in [-0.2, -0.15) is 9.59 Å². The van der Waals surface area contributed by atoms with Crippen LogP contribution in [-0.4, -0.2) is 42.8 Å². The minimum Gasteiger partial charge on any atom is -0.306 e. The molecule has 0 unspecified atom stereocenters. The average molecular weight is 538 g/mol. The number of Topliss-reactive ketones (excluding diaryl/α,β-unsaturated/α-hetero) is 1. The smallest absolute Gasteiger partial charge is 0.306 e. The molecular formula is C34H51NO4. The second kappa shape index (κ2) is 32.9. The summed E-state index contributed by atoms with van der Waals surface area (Å²) in [5.74, 6) is 0.529. The maximum atomic E-state index is 12.0. The number of allylic oxidation sites excluding steroid dienone is 14. The van der Waals surface area contributed by atoms with E-state index in [0.717, 1.165) is 70.9 Å². The second-order valence-corrected chi connectivity index (χ2v) is 9.05. The number of ketones is 2. The number of carbonyl (C=O) groups is 2. The van der Waals surface area contributed by atoms with Gasteiger partial charge in [-0.3, -0.25) is 9.59 Å². The van der Waals surface area contributed by atoms with E-state index in [1.54, 1.807) is 12.2 Å². The van der Waals surface area contributed by atoms with Gasteiger partial charge in [-0.1, -0.05) is 85.9 Å². The van der Waals surface area contributed by atoms with Crippen molar-refractivity contribution in [3.63, 3.8) is 0 Å². The maximum Gasteiger partial charge on any atom is 0.373 e. The van der Waals surface area contributed by atoms with Crippen molar-refractivity contribution in [3.8, 4) is 0 Å². The Labute approximate surface area is 237 Å². The molecule has 0 heterocycles. The summed E-state index contributed by atoms with van der Waals surface area (Å²) in [5, 5.41) is 0. The lowest BCUT2D eigenvalue weighted by Crippen LogP contribution is -2.22. The van der Waals surface area contributed by atoms with Crippen molar-refractivity contribution in [1.29, 1.82) is 0 Å². The Morgan fingerprint density at radius 1 is 0.641 bits per heavy atom. The molecule has 0 bridgehead atoms. The van der Waals surface area contributed by atoms with Gasteiger partial charge in [0.05, 0.1) is 0 Å². The molecule has 5 nitrogen and oxygen atoms in total. The number of hydrogen-bond acceptors (Lipinski definition) is 5. The molecule has 216 valence electrons. The second-order valence-electron chi connectivity index (χ2n) is 9.05. The van der Waals surface area contributed by atoms with Crippen LogP contribution in [0.3, 0.4) is 0 Å². The quantitative estimate of drug-likeness (QED) is 0.0973. The number of nitrogens with zero attached hydrogens (tertiary/aromatic N) is 1. The first-order valence-corrected chi connectivity index (χ1v) is 14.3. The molecule has 0 saturated carbocycles. The van der Waals surface area contributed by atoms with Gasteiger partial charge in [-0.25, -0.2) is 0 Å². The minimum atomic E-state index is 0.190. The van der Waals surface area contributed by atoms with E-state index in [9.17, 15) is 9.59 Å². The molecule has 0 aliphatic heterocycles. The van der Waals surface area contributed by atoms with Gasteiger partial charge in [0, 0.05) is 19.3 Å². The molecule has 0 atom stereocenters. The summed E-state index contributed by atoms with van der Waals surface area (Å²) in [6.45, 7) is 5.82. The maximum absolute atomic E-state index is 12.0. The average Bonchev–Trinajstić information content (AvgIpc) is 2.90. The fourth-order valence-corrected chi connectivity index (χ4v) is 3.46. The van der Waals surface area contributed by atoms with Crippen LogP contribution in [0.5, 0.6) is 0 Å². The summed E-state index contributed by atoms with van der Waals surface area (Å²) < 4.78 is 0. The van der Waals surface area contributed by atoms with Crippen LogP contribution in [0.2, 0.25) is 0 Å². The van der Waals surface area contributed by atoms with E-state index >= 15 is 0 Å². The summed E-state index contributed by atoms with van der Waals surface area (Å²) in [7, 11) is 2.06. The van der Waals surface area contributed by atoms with Crippen LogP contribution in [0.25, 0.3) is 0 Å². The van der Waals surface area contributed by atoms with Gasteiger partial charge in [-0.05, 0) is 90.9 Å². The highest BCUT2D eigenvalue weighted by atomic mass is 16.2. The Kier molecular flexibility index (Phi) is 32.1. The first-order valence-electron chi connectivity index (χ1n) is 14.3. The molecule has 0 amide bonds. The fourth-order valence-electron chi connectivity index (χ4n) is 3.46. The van der Waals surface area contributed by atoms with Crippen molar-refractivity contribution in [1.82, 2.24) is 4.90 Å². The lowest BCUT2D eigenvalue weighted by Gasteiger charge is -2.15. The van der Waals surface area contributed by atoms with E-state index in [2.05, 4.69) is 91.8 Å². The zero-order chi connectivity index (χ0) is 29.2. The van der Waals surface area contributed by atoms with Crippen molar-refractivity contribution in [2.24, 2.45) is 0 Å². The van der Waals surface area contributed by atoms with Crippen molar-refractivity contribution >= 4 is 17.7 Å². The molecule has 0 aromatic heterocycles. The number of carbonyl (C=O) groups excluding carboxylic acids is 4. The van der Waals surface area contributed by atoms with Crippen LogP contribution in [0.15, 0.2) is 85.1 Å². The molecule has 0 spiro atoms. The Morgan fingerprint density at radius 3 is 1.49 bits per heavy atom. The zero-order valence-electron chi connectivity index (χ0n) is 24.6. The van der Waals surface area contributed by atoms with Crippen LogP contribution >= 0.6 is 0 Å². The standard InChI is InChI=1S/C33H51NO2.CO2/c1-4-6-7-8-9-10-11-12-13-14-15-16-17-18-19-20-21-22-23-27-33(36)29-25-31-34(3)30-24-28-32(35)26-5-2;2-1-3/h5-7,9-10,12-13,15-16,18-19,21-22,26H,4,8,11,14,17,20,23-25,27-31H2,1-3H3;/b7-6-,10-9-,13-12-,16-15-,19-18-,22-21-,26-5+;. The van der Waals surface area contributed by atoms with E-state index in [-0.39, 0.29) is 11.9 Å². The van der Waals surface area contributed by atoms with Crippen molar-refractivity contribution < 1.29 is 19.2 Å². The number of rotatable bonds is 23. The predicted molar refractivity (Wildman–Crippen MR) is 163 cm³/mol. The number of hydrogen-bond donors (Lipinski definition) is 0. The van der Waals surface area contributed by atoms with Crippen LogP contribution < -0.4 is 0 Å². The Balaban J connectivity index is 0. The zero-order valence-corrected chi connectivity index (χ0v) is 24.6.